The van der Waals surface area contributed by atoms with Gasteiger partial charge in [0.2, 0.25) is 0 Å². The topological polar surface area (TPSA) is 80.6 Å². The summed E-state index contributed by atoms with van der Waals surface area (Å²) in [5, 5.41) is 8.80. The molecule has 0 aromatic carbocycles. The Morgan fingerprint density at radius 2 is 2.36 bits per heavy atom. The number of nitrogens with zero attached hydrogens (tertiary/aromatic N) is 2. The number of carbonyl (C=O) groups is 1. The third-order valence-electron chi connectivity index (χ3n) is 2.08. The normalized spacial score (nSPS) is 10.6. The van der Waals surface area contributed by atoms with Gasteiger partial charge in [-0.05, 0) is 18.6 Å². The Morgan fingerprint density at radius 1 is 1.64 bits per heavy atom. The van der Waals surface area contributed by atoms with Crippen molar-refractivity contribution >= 4 is 17.4 Å². The molecular weight excluding hydrogens is 182 g/mol. The van der Waals surface area contributed by atoms with Crippen molar-refractivity contribution in [2.45, 2.75) is 6.92 Å². The average molecular weight is 191 g/mol. The molecule has 2 rings (SSSR count). The fraction of sp³-hybridized carbons (Fsp3) is 0.111. The molecule has 0 amide bonds. The Bertz CT molecular complexity index is 516. The first-order valence-corrected chi connectivity index (χ1v) is 4.07. The fourth-order valence-corrected chi connectivity index (χ4v) is 1.38. The molecule has 0 aliphatic carbocycles. The van der Waals surface area contributed by atoms with E-state index < -0.39 is 5.97 Å². The van der Waals surface area contributed by atoms with Gasteiger partial charge in [0, 0.05) is 6.20 Å². The molecule has 0 aliphatic rings. The summed E-state index contributed by atoms with van der Waals surface area (Å²) >= 11 is 0. The van der Waals surface area contributed by atoms with Gasteiger partial charge < -0.3 is 10.8 Å². The molecule has 5 nitrogen and oxygen atoms in total. The van der Waals surface area contributed by atoms with Gasteiger partial charge in [0.1, 0.15) is 11.5 Å². The lowest BCUT2D eigenvalue weighted by Crippen LogP contribution is -2.02. The van der Waals surface area contributed by atoms with Crippen molar-refractivity contribution in [3.63, 3.8) is 0 Å². The smallest absolute Gasteiger partial charge is 0.358 e. The number of aryl methyl sites for hydroxylation is 1. The number of hydrogen-bond donors (Lipinski definition) is 2. The van der Waals surface area contributed by atoms with Crippen molar-refractivity contribution in [3.8, 4) is 0 Å². The monoisotopic (exact) mass is 191 g/mol. The number of fused-ring (bicyclic) bond motifs is 1. The number of nitrogens with two attached hydrogens (primary N) is 1. The third-order valence-corrected chi connectivity index (χ3v) is 2.08. The summed E-state index contributed by atoms with van der Waals surface area (Å²) in [6, 6.07) is 3.65. The van der Waals surface area contributed by atoms with Gasteiger partial charge in [-0.3, -0.25) is 4.40 Å². The van der Waals surface area contributed by atoms with Crippen LogP contribution in [0.15, 0.2) is 18.3 Å². The molecule has 2 heterocycles. The maximum Gasteiger partial charge on any atom is 0.358 e. The second-order valence-corrected chi connectivity index (χ2v) is 3.04. The lowest BCUT2D eigenvalue weighted by atomic mass is 10.3. The lowest BCUT2D eigenvalue weighted by molar-refractivity contribution is 0.0692. The van der Waals surface area contributed by atoms with Crippen molar-refractivity contribution < 1.29 is 9.90 Å². The molecule has 14 heavy (non-hydrogen) atoms. The number of aromatic nitrogens is 2. The number of carboxylic acids is 1. The molecule has 0 saturated carbocycles. The van der Waals surface area contributed by atoms with Crippen molar-refractivity contribution in [2.75, 3.05) is 5.73 Å². The molecule has 5 heteroatoms. The number of aromatic carboxylic acids is 1. The molecule has 0 spiro atoms. The Kier molecular flexibility index (Phi) is 1.67. The van der Waals surface area contributed by atoms with Gasteiger partial charge in [0.15, 0.2) is 5.69 Å². The van der Waals surface area contributed by atoms with E-state index in [2.05, 4.69) is 4.98 Å². The summed E-state index contributed by atoms with van der Waals surface area (Å²) in [6.45, 7) is 1.85. The quantitative estimate of drug-likeness (QED) is 0.702. The summed E-state index contributed by atoms with van der Waals surface area (Å²) < 4.78 is 1.57. The van der Waals surface area contributed by atoms with Gasteiger partial charge in [-0.15, -0.1) is 0 Å². The maximum atomic E-state index is 10.7. The third kappa shape index (κ3) is 1.02. The Morgan fingerprint density at radius 3 is 2.93 bits per heavy atom. The first kappa shape index (κ1) is 8.55. The van der Waals surface area contributed by atoms with E-state index in [-0.39, 0.29) is 11.5 Å². The lowest BCUT2D eigenvalue weighted by Gasteiger charge is -1.97. The second kappa shape index (κ2) is 2.73. The molecule has 0 radical (unpaired) electrons. The van der Waals surface area contributed by atoms with Gasteiger partial charge in [-0.2, -0.15) is 0 Å². The number of hydrogen-bond acceptors (Lipinski definition) is 3. The standard InChI is InChI=1S/C9H9N3O2/c1-5-3-2-4-12-7(10)6(9(13)14)11-8(5)12/h2-4H,10H2,1H3,(H,13,14). The molecule has 0 fully saturated rings. The average Bonchev–Trinajstić information content (AvgIpc) is 2.46. The van der Waals surface area contributed by atoms with Crippen LogP contribution in [0.3, 0.4) is 0 Å². The summed E-state index contributed by atoms with van der Waals surface area (Å²) in [4.78, 5) is 14.7. The van der Waals surface area contributed by atoms with Gasteiger partial charge in [-0.25, -0.2) is 9.78 Å². The molecule has 3 N–H and O–H groups in total. The predicted molar refractivity (Wildman–Crippen MR) is 51.3 cm³/mol. The zero-order valence-corrected chi connectivity index (χ0v) is 7.56. The van der Waals surface area contributed by atoms with Crippen molar-refractivity contribution in [2.24, 2.45) is 0 Å². The molecule has 0 aliphatic heterocycles. The fourth-order valence-electron chi connectivity index (χ4n) is 1.38. The minimum atomic E-state index is -1.11. The van der Waals surface area contributed by atoms with Crippen molar-refractivity contribution in [3.05, 3.63) is 29.6 Å². The number of imidazole rings is 1. The molecule has 2 aromatic heterocycles. The highest BCUT2D eigenvalue weighted by molar-refractivity contribution is 5.92. The number of pyridine rings is 1. The van der Waals surface area contributed by atoms with E-state index in [1.807, 2.05) is 13.0 Å². The minimum Gasteiger partial charge on any atom is -0.476 e. The predicted octanol–water partition coefficient (Wildman–Crippen LogP) is 0.923. The molecule has 2 aromatic rings. The van der Waals surface area contributed by atoms with Gasteiger partial charge in [-0.1, -0.05) is 6.07 Å². The summed E-state index contributed by atoms with van der Waals surface area (Å²) in [6.07, 6.45) is 1.69. The first-order chi connectivity index (χ1) is 6.61. The zero-order chi connectivity index (χ0) is 10.3. The molecule has 0 saturated heterocycles. The van der Waals surface area contributed by atoms with E-state index in [1.165, 1.54) is 0 Å². The van der Waals surface area contributed by atoms with Crippen LogP contribution in [0.1, 0.15) is 16.1 Å². The minimum absolute atomic E-state index is 0.0979. The van der Waals surface area contributed by atoms with Gasteiger partial charge in [0.25, 0.3) is 0 Å². The van der Waals surface area contributed by atoms with E-state index in [0.717, 1.165) is 5.56 Å². The Labute approximate surface area is 79.8 Å². The van der Waals surface area contributed by atoms with Crippen LogP contribution < -0.4 is 5.73 Å². The number of anilines is 1. The van der Waals surface area contributed by atoms with E-state index >= 15 is 0 Å². The van der Waals surface area contributed by atoms with Gasteiger partial charge in [0.05, 0.1) is 0 Å². The highest BCUT2D eigenvalue weighted by atomic mass is 16.4. The van der Waals surface area contributed by atoms with Crippen LogP contribution in [-0.4, -0.2) is 20.5 Å². The molecule has 72 valence electrons. The van der Waals surface area contributed by atoms with Crippen molar-refractivity contribution in [1.82, 2.24) is 9.38 Å². The van der Waals surface area contributed by atoms with Crippen LogP contribution in [-0.2, 0) is 0 Å². The highest BCUT2D eigenvalue weighted by Crippen LogP contribution is 2.17. The number of nitrogen functional groups attached to an aromatic ring is 1. The van der Waals surface area contributed by atoms with E-state index in [1.54, 1.807) is 16.7 Å². The largest absolute Gasteiger partial charge is 0.476 e. The van der Waals surface area contributed by atoms with Crippen LogP contribution in [0.4, 0.5) is 5.82 Å². The SMILES string of the molecule is Cc1cccn2c(N)c(C(=O)O)nc12. The number of carboxylic acid groups (broad SMARTS) is 1. The molecule has 0 atom stereocenters. The summed E-state index contributed by atoms with van der Waals surface area (Å²) in [5.74, 6) is -0.943. The van der Waals surface area contributed by atoms with Crippen LogP contribution in [0.2, 0.25) is 0 Å². The molecular formula is C9H9N3O2. The molecule has 0 unspecified atom stereocenters. The van der Waals surface area contributed by atoms with E-state index in [0.29, 0.717) is 5.65 Å². The summed E-state index contributed by atoms with van der Waals surface area (Å²) in [7, 11) is 0. The summed E-state index contributed by atoms with van der Waals surface area (Å²) in [5.41, 5.74) is 7.01. The van der Waals surface area contributed by atoms with Gasteiger partial charge >= 0.3 is 5.97 Å². The maximum absolute atomic E-state index is 10.7. The van der Waals surface area contributed by atoms with Crippen LogP contribution >= 0.6 is 0 Å². The van der Waals surface area contributed by atoms with Crippen LogP contribution in [0.25, 0.3) is 5.65 Å². The van der Waals surface area contributed by atoms with Crippen LogP contribution in [0.5, 0.6) is 0 Å². The van der Waals surface area contributed by atoms with Crippen molar-refractivity contribution in [1.29, 1.82) is 0 Å². The van der Waals surface area contributed by atoms with E-state index in [4.69, 9.17) is 10.8 Å². The Hall–Kier alpha value is -2.04. The molecule has 0 bridgehead atoms. The highest BCUT2D eigenvalue weighted by Gasteiger charge is 2.15. The Balaban J connectivity index is 2.86. The second-order valence-electron chi connectivity index (χ2n) is 3.04. The zero-order valence-electron chi connectivity index (χ0n) is 7.56. The van der Waals surface area contributed by atoms with Crippen LogP contribution in [0, 0.1) is 6.92 Å². The number of rotatable bonds is 1. The van der Waals surface area contributed by atoms with E-state index in [9.17, 15) is 4.79 Å². The first-order valence-electron chi connectivity index (χ1n) is 4.07.